The van der Waals surface area contributed by atoms with Crippen LogP contribution in [0.5, 0.6) is 5.75 Å². The van der Waals surface area contributed by atoms with Crippen molar-refractivity contribution in [2.24, 2.45) is 0 Å². The average molecular weight is 472 g/mol. The number of halogens is 1. The van der Waals surface area contributed by atoms with E-state index in [1.54, 1.807) is 24.3 Å². The summed E-state index contributed by atoms with van der Waals surface area (Å²) in [7, 11) is 0. The lowest BCUT2D eigenvalue weighted by molar-refractivity contribution is -0.157. The van der Waals surface area contributed by atoms with Gasteiger partial charge in [0.25, 0.3) is 0 Å². The van der Waals surface area contributed by atoms with Crippen molar-refractivity contribution in [2.45, 2.75) is 76.9 Å². The number of benzene rings is 2. The van der Waals surface area contributed by atoms with E-state index in [1.807, 2.05) is 26.8 Å². The summed E-state index contributed by atoms with van der Waals surface area (Å²) in [5.74, 6) is -0.226. The third-order valence-corrected chi connectivity index (χ3v) is 6.32. The van der Waals surface area contributed by atoms with Crippen molar-refractivity contribution in [3.8, 4) is 11.4 Å². The second-order valence-electron chi connectivity index (χ2n) is 9.76. The minimum Gasteiger partial charge on any atom is -0.505 e. The quantitative estimate of drug-likeness (QED) is 0.516. The molecule has 1 aliphatic carbocycles. The van der Waals surface area contributed by atoms with E-state index in [2.05, 4.69) is 10.2 Å². The van der Waals surface area contributed by atoms with Crippen LogP contribution in [0.25, 0.3) is 16.7 Å². The molecule has 33 heavy (non-hydrogen) atoms. The number of aromatic hydroxyl groups is 1. The third-order valence-electron chi connectivity index (χ3n) is 6.08. The number of aliphatic hydroxyl groups excluding tert-OH is 1. The van der Waals surface area contributed by atoms with Crippen LogP contribution in [0.3, 0.4) is 0 Å². The number of hydrogen-bond donors (Lipinski definition) is 2. The molecule has 0 amide bonds. The maximum Gasteiger partial charge on any atom is 0.306 e. The predicted octanol–water partition coefficient (Wildman–Crippen LogP) is 4.86. The molecule has 0 aliphatic heterocycles. The summed E-state index contributed by atoms with van der Waals surface area (Å²) in [4.78, 5) is 13.9. The van der Waals surface area contributed by atoms with E-state index in [4.69, 9.17) is 16.3 Å². The number of phenols is 1. The first-order valence-electron chi connectivity index (χ1n) is 11.4. The molecule has 1 saturated carbocycles. The van der Waals surface area contributed by atoms with Gasteiger partial charge in [-0.15, -0.1) is 15.0 Å². The number of aromatic nitrogens is 3. The average Bonchev–Trinajstić information content (AvgIpc) is 3.16. The molecule has 0 spiro atoms. The van der Waals surface area contributed by atoms with Gasteiger partial charge in [-0.25, -0.2) is 0 Å². The molecule has 0 saturated heterocycles. The number of phenolic OH excluding ortho intramolecular Hbond substituents is 1. The van der Waals surface area contributed by atoms with Gasteiger partial charge in [0.2, 0.25) is 0 Å². The Bertz CT molecular complexity index is 1170. The Morgan fingerprint density at radius 2 is 1.88 bits per heavy atom. The van der Waals surface area contributed by atoms with Crippen LogP contribution in [-0.2, 0) is 21.4 Å². The summed E-state index contributed by atoms with van der Waals surface area (Å²) < 4.78 is 5.53. The number of carbonyl (C=O) groups excluding carboxylic acids is 1. The smallest absolute Gasteiger partial charge is 0.306 e. The lowest BCUT2D eigenvalue weighted by Gasteiger charge is -2.27. The Labute approximate surface area is 198 Å². The number of nitrogens with zero attached hydrogens (tertiary/aromatic N) is 3. The molecular formula is C25H30ClN3O4. The van der Waals surface area contributed by atoms with Crippen molar-refractivity contribution in [1.82, 2.24) is 15.0 Å². The highest BCUT2D eigenvalue weighted by atomic mass is 35.5. The first kappa shape index (κ1) is 23.5. The van der Waals surface area contributed by atoms with Crippen LogP contribution in [0.2, 0.25) is 5.02 Å². The summed E-state index contributed by atoms with van der Waals surface area (Å²) in [6.45, 7) is 6.05. The maximum absolute atomic E-state index is 12.5. The van der Waals surface area contributed by atoms with Gasteiger partial charge in [0.15, 0.2) is 0 Å². The normalized spacial score (nSPS) is 19.1. The number of aliphatic hydroxyl groups is 1. The van der Waals surface area contributed by atoms with E-state index < -0.39 is 12.2 Å². The van der Waals surface area contributed by atoms with Crippen molar-refractivity contribution < 1.29 is 19.7 Å². The van der Waals surface area contributed by atoms with Crippen LogP contribution >= 0.6 is 11.6 Å². The van der Waals surface area contributed by atoms with E-state index in [9.17, 15) is 15.0 Å². The van der Waals surface area contributed by atoms with Crippen LogP contribution in [-0.4, -0.2) is 43.4 Å². The van der Waals surface area contributed by atoms with Crippen molar-refractivity contribution in [3.63, 3.8) is 0 Å². The molecule has 0 bridgehead atoms. The predicted molar refractivity (Wildman–Crippen MR) is 127 cm³/mol. The van der Waals surface area contributed by atoms with E-state index in [1.165, 1.54) is 4.80 Å². The van der Waals surface area contributed by atoms with Crippen molar-refractivity contribution in [3.05, 3.63) is 46.5 Å². The Balaban J connectivity index is 1.60. The summed E-state index contributed by atoms with van der Waals surface area (Å²) in [6.07, 6.45) is 2.91. The van der Waals surface area contributed by atoms with Gasteiger partial charge in [-0.3, -0.25) is 4.79 Å². The summed E-state index contributed by atoms with van der Waals surface area (Å²) >= 11 is 6.08. The fourth-order valence-electron chi connectivity index (χ4n) is 4.23. The lowest BCUT2D eigenvalue weighted by Crippen LogP contribution is -2.34. The van der Waals surface area contributed by atoms with Gasteiger partial charge in [-0.2, -0.15) is 0 Å². The Kier molecular flexibility index (Phi) is 6.64. The standard InChI is InChI=1S/C25H30ClN3O4/c1-25(2,3)17-12-15(8-11-23(31)33-22-7-5-4-6-21(22)30)13-20(24(17)32)29-27-18-10-9-16(26)14-19(18)28-29/h9-10,12-14,21-22,30,32H,4-8,11H2,1-3H3. The fourth-order valence-corrected chi connectivity index (χ4v) is 4.40. The van der Waals surface area contributed by atoms with Crippen LogP contribution < -0.4 is 0 Å². The highest BCUT2D eigenvalue weighted by molar-refractivity contribution is 6.31. The summed E-state index contributed by atoms with van der Waals surface area (Å²) in [5.41, 5.74) is 3.01. The van der Waals surface area contributed by atoms with E-state index in [0.717, 1.165) is 24.0 Å². The molecular weight excluding hydrogens is 442 g/mol. The highest BCUT2D eigenvalue weighted by Crippen LogP contribution is 2.36. The first-order chi connectivity index (χ1) is 15.6. The first-order valence-corrected chi connectivity index (χ1v) is 11.8. The molecule has 1 heterocycles. The van der Waals surface area contributed by atoms with E-state index in [-0.39, 0.29) is 23.6 Å². The zero-order valence-corrected chi connectivity index (χ0v) is 20.0. The van der Waals surface area contributed by atoms with Gasteiger partial charge < -0.3 is 14.9 Å². The number of rotatable bonds is 5. The van der Waals surface area contributed by atoms with Crippen LogP contribution in [0.4, 0.5) is 0 Å². The molecule has 1 fully saturated rings. The van der Waals surface area contributed by atoms with Gasteiger partial charge in [-0.1, -0.05) is 44.9 Å². The monoisotopic (exact) mass is 471 g/mol. The fraction of sp³-hybridized carbons (Fsp3) is 0.480. The van der Waals surface area contributed by atoms with Gasteiger partial charge in [-0.05, 0) is 60.9 Å². The van der Waals surface area contributed by atoms with Gasteiger partial charge in [0.1, 0.15) is 28.6 Å². The van der Waals surface area contributed by atoms with Crippen LogP contribution in [0.1, 0.15) is 64.0 Å². The SMILES string of the molecule is CC(C)(C)c1cc(CCC(=O)OC2CCCCC2O)cc(-n2nc3ccc(Cl)cc3n2)c1O. The lowest BCUT2D eigenvalue weighted by atomic mass is 9.84. The zero-order chi connectivity index (χ0) is 23.8. The van der Waals surface area contributed by atoms with Gasteiger partial charge >= 0.3 is 5.97 Å². The molecule has 4 rings (SSSR count). The summed E-state index contributed by atoms with van der Waals surface area (Å²) in [5, 5.41) is 30.7. The molecule has 2 N–H and O–H groups in total. The number of esters is 1. The molecule has 2 atom stereocenters. The topological polar surface area (TPSA) is 97.5 Å². The highest BCUT2D eigenvalue weighted by Gasteiger charge is 2.27. The van der Waals surface area contributed by atoms with E-state index >= 15 is 0 Å². The zero-order valence-electron chi connectivity index (χ0n) is 19.2. The number of fused-ring (bicyclic) bond motifs is 1. The number of carbonyl (C=O) groups is 1. The van der Waals surface area contributed by atoms with Gasteiger partial charge in [0.05, 0.1) is 6.10 Å². The van der Waals surface area contributed by atoms with Crippen LogP contribution in [0, 0.1) is 0 Å². The molecule has 2 aromatic carbocycles. The Hall–Kier alpha value is -2.64. The largest absolute Gasteiger partial charge is 0.505 e. The second-order valence-corrected chi connectivity index (χ2v) is 10.2. The molecule has 8 heteroatoms. The molecule has 7 nitrogen and oxygen atoms in total. The molecule has 176 valence electrons. The van der Waals surface area contributed by atoms with Crippen molar-refractivity contribution in [2.75, 3.05) is 0 Å². The third kappa shape index (κ3) is 5.31. The van der Waals surface area contributed by atoms with Gasteiger partial charge in [0, 0.05) is 17.0 Å². The van der Waals surface area contributed by atoms with Crippen molar-refractivity contribution >= 4 is 28.6 Å². The number of hydrogen-bond acceptors (Lipinski definition) is 6. The Morgan fingerprint density at radius 1 is 1.15 bits per heavy atom. The molecule has 2 unspecified atom stereocenters. The molecule has 3 aromatic rings. The van der Waals surface area contributed by atoms with E-state index in [0.29, 0.717) is 41.0 Å². The number of aryl methyl sites for hydroxylation is 1. The summed E-state index contributed by atoms with van der Waals surface area (Å²) in [6, 6.07) is 8.97. The second kappa shape index (κ2) is 9.31. The van der Waals surface area contributed by atoms with Crippen LogP contribution in [0.15, 0.2) is 30.3 Å². The molecule has 1 aliphatic rings. The molecule has 0 radical (unpaired) electrons. The number of ether oxygens (including phenoxy) is 1. The minimum atomic E-state index is -0.580. The minimum absolute atomic E-state index is 0.102. The molecule has 1 aromatic heterocycles. The Morgan fingerprint density at radius 3 is 2.61 bits per heavy atom. The maximum atomic E-state index is 12.5. The van der Waals surface area contributed by atoms with Crippen molar-refractivity contribution in [1.29, 1.82) is 0 Å².